The van der Waals surface area contributed by atoms with Crippen LogP contribution in [0.2, 0.25) is 0 Å². The first-order chi connectivity index (χ1) is 11.3. The largest absolute Gasteiger partial charge is 0.446 e. The number of carbonyl (C=O) groups excluding carboxylic acids is 2. The molecule has 0 radical (unpaired) electrons. The molecular weight excluding hydrogens is 358 g/mol. The van der Waals surface area contributed by atoms with Crippen molar-refractivity contribution in [3.05, 3.63) is 0 Å². The van der Waals surface area contributed by atoms with Crippen LogP contribution < -0.4 is 10.6 Å². The van der Waals surface area contributed by atoms with Crippen LogP contribution in [-0.2, 0) is 19.7 Å². The molecule has 0 bridgehead atoms. The lowest BCUT2D eigenvalue weighted by molar-refractivity contribution is -0.136. The van der Waals surface area contributed by atoms with Crippen molar-refractivity contribution >= 4 is 21.9 Å². The molecule has 1 aliphatic rings. The van der Waals surface area contributed by atoms with Crippen molar-refractivity contribution in [3.63, 3.8) is 0 Å². The van der Waals surface area contributed by atoms with Crippen LogP contribution in [0.4, 0.5) is 8.78 Å². The summed E-state index contributed by atoms with van der Waals surface area (Å²) < 4.78 is 55.9. The van der Waals surface area contributed by atoms with Gasteiger partial charge in [-0.1, -0.05) is 27.2 Å². The van der Waals surface area contributed by atoms with E-state index in [4.69, 9.17) is 4.55 Å². The lowest BCUT2D eigenvalue weighted by atomic mass is 9.88. The van der Waals surface area contributed by atoms with Crippen molar-refractivity contribution in [2.75, 3.05) is 13.1 Å². The molecule has 3 N–H and O–H groups in total. The predicted octanol–water partition coefficient (Wildman–Crippen LogP) is 1.55. The summed E-state index contributed by atoms with van der Waals surface area (Å²) in [5.74, 6) is -2.28. The number of carbonyl (C=O) groups is 2. The molecule has 146 valence electrons. The second-order valence-corrected chi connectivity index (χ2v) is 8.56. The molecule has 2 unspecified atom stereocenters. The third-order valence-electron chi connectivity index (χ3n) is 4.95. The van der Waals surface area contributed by atoms with E-state index in [1.54, 1.807) is 0 Å². The van der Waals surface area contributed by atoms with Gasteiger partial charge < -0.3 is 10.6 Å². The van der Waals surface area contributed by atoms with Gasteiger partial charge in [0.1, 0.15) is 0 Å². The van der Waals surface area contributed by atoms with Crippen molar-refractivity contribution in [2.24, 2.45) is 17.3 Å². The van der Waals surface area contributed by atoms with E-state index >= 15 is 0 Å². The van der Waals surface area contributed by atoms with Crippen LogP contribution in [0.5, 0.6) is 0 Å². The van der Waals surface area contributed by atoms with Gasteiger partial charge in [0.2, 0.25) is 5.91 Å². The third-order valence-corrected chi connectivity index (χ3v) is 5.79. The first kappa shape index (κ1) is 21.8. The minimum absolute atomic E-state index is 0.0104. The Morgan fingerprint density at radius 3 is 1.92 bits per heavy atom. The quantitative estimate of drug-likeness (QED) is 0.550. The maximum absolute atomic E-state index is 13.2. The number of alkyl halides is 2. The van der Waals surface area contributed by atoms with E-state index in [1.165, 1.54) is 0 Å². The maximum atomic E-state index is 13.2. The van der Waals surface area contributed by atoms with Crippen LogP contribution in [0.25, 0.3) is 0 Å². The molecule has 0 spiro atoms. The molecule has 0 aliphatic heterocycles. The number of nitrogens with one attached hydrogen (secondary N) is 2. The topological polar surface area (TPSA) is 113 Å². The average molecular weight is 384 g/mol. The van der Waals surface area contributed by atoms with E-state index in [-0.39, 0.29) is 24.3 Å². The van der Waals surface area contributed by atoms with Gasteiger partial charge >= 0.3 is 21.3 Å². The van der Waals surface area contributed by atoms with E-state index in [0.29, 0.717) is 19.4 Å². The molecule has 1 saturated carbocycles. The summed E-state index contributed by atoms with van der Waals surface area (Å²) >= 11 is 0. The molecule has 1 aliphatic carbocycles. The molecule has 0 saturated heterocycles. The average Bonchev–Trinajstić information content (AvgIpc) is 2.96. The lowest BCUT2D eigenvalue weighted by Gasteiger charge is -2.25. The molecule has 0 aromatic rings. The van der Waals surface area contributed by atoms with Crippen LogP contribution in [0.3, 0.4) is 0 Å². The molecule has 1 rings (SSSR count). The SMILES string of the molecule is CCC(C)(C)C(=O)NCC1CCCC1CNC(=O)C(F)(F)S(=O)(=O)O. The highest BCUT2D eigenvalue weighted by molar-refractivity contribution is 7.87. The fraction of sp³-hybridized carbons (Fsp3) is 0.867. The van der Waals surface area contributed by atoms with Crippen molar-refractivity contribution in [1.29, 1.82) is 0 Å². The Morgan fingerprint density at radius 2 is 1.52 bits per heavy atom. The Hall–Kier alpha value is -1.29. The first-order valence-electron chi connectivity index (χ1n) is 8.24. The minimum atomic E-state index is -5.80. The van der Waals surface area contributed by atoms with Gasteiger partial charge in [-0.05, 0) is 31.1 Å². The molecule has 7 nitrogen and oxygen atoms in total. The number of rotatable bonds is 8. The molecule has 0 aromatic heterocycles. The normalized spacial score (nSPS) is 21.8. The summed E-state index contributed by atoms with van der Waals surface area (Å²) in [5, 5.41) is -0.133. The van der Waals surface area contributed by atoms with Crippen LogP contribution >= 0.6 is 0 Å². The zero-order valence-electron chi connectivity index (χ0n) is 14.6. The molecule has 2 amide bonds. The Kier molecular flexibility index (Phi) is 6.91. The molecule has 0 aromatic carbocycles. The molecule has 1 fully saturated rings. The Bertz CT molecular complexity index is 607. The van der Waals surface area contributed by atoms with Gasteiger partial charge in [-0.25, -0.2) is 0 Å². The van der Waals surface area contributed by atoms with E-state index in [0.717, 1.165) is 12.8 Å². The number of hydrogen-bond acceptors (Lipinski definition) is 4. The van der Waals surface area contributed by atoms with E-state index < -0.39 is 26.7 Å². The van der Waals surface area contributed by atoms with Crippen LogP contribution in [-0.4, -0.2) is 43.1 Å². The molecule has 0 heterocycles. The lowest BCUT2D eigenvalue weighted by Crippen LogP contribution is -2.47. The smallest absolute Gasteiger partial charge is 0.355 e. The van der Waals surface area contributed by atoms with Gasteiger partial charge in [-0.15, -0.1) is 0 Å². The summed E-state index contributed by atoms with van der Waals surface area (Å²) in [6, 6.07) is 0. The summed E-state index contributed by atoms with van der Waals surface area (Å²) in [7, 11) is -5.80. The summed E-state index contributed by atoms with van der Waals surface area (Å²) in [4.78, 5) is 23.4. The van der Waals surface area contributed by atoms with E-state index in [9.17, 15) is 26.8 Å². The molecule has 10 heteroatoms. The van der Waals surface area contributed by atoms with Gasteiger partial charge in [0.25, 0.3) is 0 Å². The zero-order valence-corrected chi connectivity index (χ0v) is 15.5. The highest BCUT2D eigenvalue weighted by atomic mass is 32.2. The Labute approximate surface area is 146 Å². The van der Waals surface area contributed by atoms with Gasteiger partial charge in [0.05, 0.1) is 0 Å². The number of hydrogen-bond donors (Lipinski definition) is 3. The van der Waals surface area contributed by atoms with Crippen molar-refractivity contribution in [1.82, 2.24) is 10.6 Å². The van der Waals surface area contributed by atoms with Gasteiger partial charge in [-0.3, -0.25) is 14.1 Å². The Morgan fingerprint density at radius 1 is 1.08 bits per heavy atom. The third kappa shape index (κ3) is 5.34. The Balaban J connectivity index is 2.57. The van der Waals surface area contributed by atoms with Crippen molar-refractivity contribution in [2.45, 2.75) is 51.7 Å². The summed E-state index contributed by atoms with van der Waals surface area (Å²) in [6.45, 7) is 5.79. The highest BCUT2D eigenvalue weighted by Crippen LogP contribution is 2.31. The molecule has 2 atom stereocenters. The second-order valence-electron chi connectivity index (χ2n) is 7.10. The predicted molar refractivity (Wildman–Crippen MR) is 87.4 cm³/mol. The fourth-order valence-electron chi connectivity index (χ4n) is 2.72. The standard InChI is InChI=1S/C15H26F2N2O5S/c1-4-14(2,3)12(20)18-8-10-6-5-7-11(10)9-19-13(21)15(16,17)25(22,23)24/h10-11H,4-9H2,1-3H3,(H,18,20)(H,19,21)(H,22,23,24). The maximum Gasteiger partial charge on any atom is 0.446 e. The second kappa shape index (κ2) is 7.94. The zero-order chi connectivity index (χ0) is 19.5. The number of amides is 2. The summed E-state index contributed by atoms with van der Waals surface area (Å²) in [5.41, 5.74) is -0.500. The van der Waals surface area contributed by atoms with Gasteiger partial charge in [-0.2, -0.15) is 17.2 Å². The van der Waals surface area contributed by atoms with Gasteiger partial charge in [0, 0.05) is 18.5 Å². The monoisotopic (exact) mass is 384 g/mol. The fourth-order valence-corrected chi connectivity index (χ4v) is 3.03. The number of halogens is 2. The minimum Gasteiger partial charge on any atom is -0.355 e. The van der Waals surface area contributed by atoms with Crippen LogP contribution in [0.1, 0.15) is 46.5 Å². The highest BCUT2D eigenvalue weighted by Gasteiger charge is 2.52. The summed E-state index contributed by atoms with van der Waals surface area (Å²) in [6.07, 6.45) is 2.96. The molecular formula is C15H26F2N2O5S. The molecule has 25 heavy (non-hydrogen) atoms. The van der Waals surface area contributed by atoms with Gasteiger partial charge in [0.15, 0.2) is 0 Å². The van der Waals surface area contributed by atoms with Crippen LogP contribution in [0.15, 0.2) is 0 Å². The first-order valence-corrected chi connectivity index (χ1v) is 9.68. The van der Waals surface area contributed by atoms with Crippen molar-refractivity contribution in [3.8, 4) is 0 Å². The van der Waals surface area contributed by atoms with E-state index in [2.05, 4.69) is 5.32 Å². The van der Waals surface area contributed by atoms with Crippen molar-refractivity contribution < 1.29 is 31.3 Å². The van der Waals surface area contributed by atoms with E-state index in [1.807, 2.05) is 26.1 Å². The van der Waals surface area contributed by atoms with Crippen LogP contribution in [0, 0.1) is 17.3 Å².